The quantitative estimate of drug-likeness (QED) is 0.813. The molecule has 0 aliphatic carbocycles. The molecule has 20 heavy (non-hydrogen) atoms. The lowest BCUT2D eigenvalue weighted by Gasteiger charge is -2.14. The molecule has 0 bridgehead atoms. The predicted molar refractivity (Wildman–Crippen MR) is 75.0 cm³/mol. The van der Waals surface area contributed by atoms with Crippen molar-refractivity contribution >= 4 is 17.3 Å². The van der Waals surface area contributed by atoms with E-state index in [9.17, 15) is 13.2 Å². The van der Waals surface area contributed by atoms with Gasteiger partial charge in [0.2, 0.25) is 0 Å². The van der Waals surface area contributed by atoms with Crippen LogP contribution in [-0.2, 0) is 12.7 Å². The molecule has 0 atom stereocenters. The zero-order valence-electron chi connectivity index (χ0n) is 10.8. The summed E-state index contributed by atoms with van der Waals surface area (Å²) < 4.78 is 38.5. The van der Waals surface area contributed by atoms with Gasteiger partial charge in [-0.25, -0.2) is 0 Å². The van der Waals surface area contributed by atoms with E-state index < -0.39 is 11.7 Å². The highest BCUT2D eigenvalue weighted by molar-refractivity contribution is 6.31. The molecule has 106 valence electrons. The van der Waals surface area contributed by atoms with Gasteiger partial charge >= 0.3 is 6.18 Å². The summed E-state index contributed by atoms with van der Waals surface area (Å²) in [4.78, 5) is 0. The molecule has 1 N–H and O–H groups in total. The minimum atomic E-state index is -4.37. The number of hydrogen-bond donors (Lipinski definition) is 1. The lowest BCUT2D eigenvalue weighted by molar-refractivity contribution is -0.136. The van der Waals surface area contributed by atoms with Crippen molar-refractivity contribution in [3.05, 3.63) is 64.2 Å². The Hall–Kier alpha value is -1.68. The molecule has 0 heterocycles. The zero-order valence-corrected chi connectivity index (χ0v) is 11.5. The van der Waals surface area contributed by atoms with E-state index in [0.29, 0.717) is 5.02 Å². The Kier molecular flexibility index (Phi) is 4.23. The van der Waals surface area contributed by atoms with E-state index in [1.807, 2.05) is 19.1 Å². The third-order valence-corrected chi connectivity index (χ3v) is 3.36. The van der Waals surface area contributed by atoms with Crippen molar-refractivity contribution in [1.29, 1.82) is 0 Å². The van der Waals surface area contributed by atoms with Gasteiger partial charge in [0.05, 0.1) is 5.56 Å². The first-order chi connectivity index (χ1) is 9.38. The fourth-order valence-electron chi connectivity index (χ4n) is 1.83. The smallest absolute Gasteiger partial charge is 0.380 e. The third-order valence-electron chi connectivity index (χ3n) is 2.95. The molecule has 0 saturated carbocycles. The highest BCUT2D eigenvalue weighted by Gasteiger charge is 2.32. The first-order valence-corrected chi connectivity index (χ1v) is 6.41. The molecule has 0 amide bonds. The Balaban J connectivity index is 2.17. The first-order valence-electron chi connectivity index (χ1n) is 6.03. The normalized spacial score (nSPS) is 11.4. The van der Waals surface area contributed by atoms with Gasteiger partial charge < -0.3 is 5.32 Å². The topological polar surface area (TPSA) is 12.0 Å². The largest absolute Gasteiger partial charge is 0.418 e. The van der Waals surface area contributed by atoms with Crippen LogP contribution in [0.1, 0.15) is 16.7 Å². The molecule has 2 aromatic rings. The van der Waals surface area contributed by atoms with E-state index in [1.54, 1.807) is 12.1 Å². The predicted octanol–water partition coefficient (Wildman–Crippen LogP) is 5.28. The summed E-state index contributed by atoms with van der Waals surface area (Å²) in [7, 11) is 0. The third kappa shape index (κ3) is 3.45. The van der Waals surface area contributed by atoms with Crippen LogP contribution in [0.4, 0.5) is 18.9 Å². The second-order valence-corrected chi connectivity index (χ2v) is 4.89. The van der Waals surface area contributed by atoms with Crippen molar-refractivity contribution < 1.29 is 13.2 Å². The number of rotatable bonds is 3. The molecular weight excluding hydrogens is 287 g/mol. The number of halogens is 4. The van der Waals surface area contributed by atoms with Crippen LogP contribution in [0.5, 0.6) is 0 Å². The highest BCUT2D eigenvalue weighted by Crippen LogP contribution is 2.34. The SMILES string of the molecule is Cc1ccc(CNc2ccccc2C(F)(F)F)cc1Cl. The van der Waals surface area contributed by atoms with Crippen molar-refractivity contribution in [2.24, 2.45) is 0 Å². The van der Waals surface area contributed by atoms with Crippen molar-refractivity contribution in [2.45, 2.75) is 19.6 Å². The van der Waals surface area contributed by atoms with Gasteiger partial charge in [0, 0.05) is 17.3 Å². The van der Waals surface area contributed by atoms with Gasteiger partial charge in [-0.2, -0.15) is 13.2 Å². The molecule has 5 heteroatoms. The van der Waals surface area contributed by atoms with Gasteiger partial charge in [0.15, 0.2) is 0 Å². The average Bonchev–Trinajstić information content (AvgIpc) is 2.39. The van der Waals surface area contributed by atoms with Crippen molar-refractivity contribution in [1.82, 2.24) is 0 Å². The summed E-state index contributed by atoms with van der Waals surface area (Å²) >= 11 is 5.99. The standard InChI is InChI=1S/C15H13ClF3N/c1-10-6-7-11(8-13(10)16)9-20-14-5-3-2-4-12(14)15(17,18)19/h2-8,20H,9H2,1H3. The number of hydrogen-bond acceptors (Lipinski definition) is 1. The van der Waals surface area contributed by atoms with Crippen LogP contribution in [0.2, 0.25) is 5.02 Å². The summed E-state index contributed by atoms with van der Waals surface area (Å²) in [5.74, 6) is 0. The molecule has 0 aliphatic heterocycles. The summed E-state index contributed by atoms with van der Waals surface area (Å²) in [5.41, 5.74) is 1.17. The van der Waals surface area contributed by atoms with Crippen molar-refractivity contribution in [3.8, 4) is 0 Å². The number of anilines is 1. The van der Waals surface area contributed by atoms with Crippen LogP contribution in [0, 0.1) is 6.92 Å². The van der Waals surface area contributed by atoms with Gasteiger partial charge in [-0.3, -0.25) is 0 Å². The number of nitrogens with one attached hydrogen (secondary N) is 1. The van der Waals surface area contributed by atoms with Crippen LogP contribution in [0.3, 0.4) is 0 Å². The van der Waals surface area contributed by atoms with E-state index in [1.165, 1.54) is 12.1 Å². The fraction of sp³-hybridized carbons (Fsp3) is 0.200. The van der Waals surface area contributed by atoms with Gasteiger partial charge in [-0.1, -0.05) is 35.9 Å². The number of para-hydroxylation sites is 1. The molecule has 0 saturated heterocycles. The van der Waals surface area contributed by atoms with Crippen LogP contribution in [0.25, 0.3) is 0 Å². The second kappa shape index (κ2) is 5.75. The lowest BCUT2D eigenvalue weighted by Crippen LogP contribution is -2.10. The maximum absolute atomic E-state index is 12.8. The lowest BCUT2D eigenvalue weighted by atomic mass is 10.1. The van der Waals surface area contributed by atoms with E-state index in [4.69, 9.17) is 11.6 Å². The van der Waals surface area contributed by atoms with E-state index in [2.05, 4.69) is 5.32 Å². The van der Waals surface area contributed by atoms with Crippen LogP contribution < -0.4 is 5.32 Å². The van der Waals surface area contributed by atoms with Crippen LogP contribution in [-0.4, -0.2) is 0 Å². The Morgan fingerprint density at radius 3 is 2.45 bits per heavy atom. The Bertz CT molecular complexity index is 608. The monoisotopic (exact) mass is 299 g/mol. The molecule has 2 aromatic carbocycles. The van der Waals surface area contributed by atoms with Gasteiger partial charge in [0.25, 0.3) is 0 Å². The summed E-state index contributed by atoms with van der Waals surface area (Å²) in [5, 5.41) is 3.41. The molecule has 2 rings (SSSR count). The summed E-state index contributed by atoms with van der Waals surface area (Å²) in [6.45, 7) is 2.16. The van der Waals surface area contributed by atoms with E-state index in [-0.39, 0.29) is 12.2 Å². The van der Waals surface area contributed by atoms with Crippen molar-refractivity contribution in [2.75, 3.05) is 5.32 Å². The average molecular weight is 300 g/mol. The zero-order chi connectivity index (χ0) is 14.8. The Morgan fingerprint density at radius 1 is 1.10 bits per heavy atom. The molecule has 0 unspecified atom stereocenters. The molecule has 1 nitrogen and oxygen atoms in total. The fourth-order valence-corrected chi connectivity index (χ4v) is 2.03. The second-order valence-electron chi connectivity index (χ2n) is 4.48. The van der Waals surface area contributed by atoms with Gasteiger partial charge in [-0.15, -0.1) is 0 Å². The molecule has 0 radical (unpaired) electrons. The number of benzene rings is 2. The maximum atomic E-state index is 12.8. The minimum Gasteiger partial charge on any atom is -0.380 e. The molecule has 0 spiro atoms. The Labute approximate surface area is 120 Å². The molecule has 0 aromatic heterocycles. The van der Waals surface area contributed by atoms with Gasteiger partial charge in [0.1, 0.15) is 0 Å². The molecular formula is C15H13ClF3N. The number of aryl methyl sites for hydroxylation is 1. The van der Waals surface area contributed by atoms with E-state index >= 15 is 0 Å². The molecule has 0 aliphatic rings. The summed E-state index contributed by atoms with van der Waals surface area (Å²) in [6, 6.07) is 10.8. The summed E-state index contributed by atoms with van der Waals surface area (Å²) in [6.07, 6.45) is -4.37. The van der Waals surface area contributed by atoms with Crippen molar-refractivity contribution in [3.63, 3.8) is 0 Å². The maximum Gasteiger partial charge on any atom is 0.418 e. The van der Waals surface area contributed by atoms with Crippen LogP contribution >= 0.6 is 11.6 Å². The molecule has 0 fully saturated rings. The van der Waals surface area contributed by atoms with E-state index in [0.717, 1.165) is 17.2 Å². The number of alkyl halides is 3. The first kappa shape index (κ1) is 14.7. The Morgan fingerprint density at radius 2 is 1.80 bits per heavy atom. The minimum absolute atomic E-state index is 0.0664. The highest BCUT2D eigenvalue weighted by atomic mass is 35.5. The van der Waals surface area contributed by atoms with Crippen LogP contribution in [0.15, 0.2) is 42.5 Å². The van der Waals surface area contributed by atoms with Gasteiger partial charge in [-0.05, 0) is 36.2 Å².